The summed E-state index contributed by atoms with van der Waals surface area (Å²) in [5.74, 6) is -2.54. The second-order valence-electron chi connectivity index (χ2n) is 13.8. The molecule has 0 radical (unpaired) electrons. The molecule has 2 fully saturated rings. The van der Waals surface area contributed by atoms with Crippen LogP contribution in [0.3, 0.4) is 0 Å². The van der Waals surface area contributed by atoms with Crippen LogP contribution < -0.4 is 10.6 Å². The number of likely N-dealkylation sites (tertiary alicyclic amines) is 1. The van der Waals surface area contributed by atoms with Gasteiger partial charge in [-0.05, 0) is 65.0 Å². The molecule has 1 aromatic rings. The van der Waals surface area contributed by atoms with Crippen molar-refractivity contribution in [3.63, 3.8) is 0 Å². The minimum Gasteiger partial charge on any atom is -0.464 e. The van der Waals surface area contributed by atoms with Crippen LogP contribution in [-0.4, -0.2) is 82.2 Å². The molecule has 0 bridgehead atoms. The predicted octanol–water partition coefficient (Wildman–Crippen LogP) is 4.90. The van der Waals surface area contributed by atoms with Crippen LogP contribution in [0.4, 0.5) is 14.0 Å². The molecule has 3 aliphatic rings. The monoisotopic (exact) mass is 684 g/mol. The average Bonchev–Trinajstić information content (AvgIpc) is 3.34. The zero-order valence-electron chi connectivity index (χ0n) is 28.9. The highest BCUT2D eigenvalue weighted by Gasteiger charge is 2.62. The number of alkyl carbamates (subject to hydrolysis) is 1. The Bertz CT molecular complexity index is 1440. The lowest BCUT2D eigenvalue weighted by Crippen LogP contribution is -2.56. The van der Waals surface area contributed by atoms with Crippen LogP contribution in [0, 0.1) is 11.7 Å². The number of fused-ring (bicyclic) bond motifs is 1. The second kappa shape index (κ2) is 15.9. The summed E-state index contributed by atoms with van der Waals surface area (Å²) in [5.41, 5.74) is -1.05. The number of nitrogens with one attached hydrogen (secondary N) is 2. The zero-order valence-corrected chi connectivity index (χ0v) is 28.9. The van der Waals surface area contributed by atoms with Gasteiger partial charge >= 0.3 is 18.2 Å². The number of hydrogen-bond donors (Lipinski definition) is 2. The first kappa shape index (κ1) is 37.4. The molecule has 1 aromatic carbocycles. The highest BCUT2D eigenvalue weighted by atomic mass is 19.1. The van der Waals surface area contributed by atoms with E-state index in [9.17, 15) is 28.4 Å². The van der Waals surface area contributed by atoms with Crippen molar-refractivity contribution in [2.45, 2.75) is 115 Å². The molecular formula is C36H49FN4O8. The summed E-state index contributed by atoms with van der Waals surface area (Å²) in [4.78, 5) is 69.9. The Morgan fingerprint density at radius 3 is 2.51 bits per heavy atom. The van der Waals surface area contributed by atoms with Crippen LogP contribution in [-0.2, 0) is 41.7 Å². The van der Waals surface area contributed by atoms with Crippen molar-refractivity contribution in [1.82, 2.24) is 20.4 Å². The third-order valence-electron chi connectivity index (χ3n) is 8.98. The van der Waals surface area contributed by atoms with Crippen molar-refractivity contribution in [3.8, 4) is 0 Å². The number of benzene rings is 1. The predicted molar refractivity (Wildman–Crippen MR) is 178 cm³/mol. The number of carbonyl (C=O) groups is 5. The van der Waals surface area contributed by atoms with E-state index in [4.69, 9.17) is 14.2 Å². The molecular weight excluding hydrogens is 635 g/mol. The smallest absolute Gasteiger partial charge is 0.410 e. The number of unbranched alkanes of at least 4 members (excludes halogenated alkanes) is 3. The molecule has 4 amide bonds. The molecule has 1 saturated heterocycles. The fourth-order valence-corrected chi connectivity index (χ4v) is 6.39. The van der Waals surface area contributed by atoms with E-state index in [2.05, 4.69) is 23.8 Å². The summed E-state index contributed by atoms with van der Waals surface area (Å²) in [5, 5.41) is 5.50. The van der Waals surface area contributed by atoms with E-state index in [0.29, 0.717) is 24.0 Å². The fourth-order valence-electron chi connectivity index (χ4n) is 6.39. The number of nitrogens with zero attached hydrogens (tertiary/aromatic N) is 2. The summed E-state index contributed by atoms with van der Waals surface area (Å²) < 4.78 is 30.9. The van der Waals surface area contributed by atoms with Crippen LogP contribution in [0.25, 0.3) is 0 Å². The number of halogens is 1. The molecule has 4 rings (SSSR count). The molecule has 1 saturated carbocycles. The van der Waals surface area contributed by atoms with Crippen LogP contribution in [0.15, 0.2) is 43.5 Å². The minimum atomic E-state index is -1.32. The van der Waals surface area contributed by atoms with Crippen molar-refractivity contribution >= 4 is 30.0 Å². The van der Waals surface area contributed by atoms with Crippen LogP contribution in [0.1, 0.15) is 83.8 Å². The third kappa shape index (κ3) is 9.18. The van der Waals surface area contributed by atoms with Gasteiger partial charge in [-0.2, -0.15) is 0 Å². The maximum Gasteiger partial charge on any atom is 0.410 e. The highest BCUT2D eigenvalue weighted by molar-refractivity contribution is 5.96. The molecule has 268 valence electrons. The van der Waals surface area contributed by atoms with Crippen molar-refractivity contribution in [1.29, 1.82) is 0 Å². The standard InChI is InChI=1S/C36H49FN4O8/c1-7-10-11-12-13-17-28(38-33(45)49-35(4,5)6)31(43)41-21-25(48-34(46)40-20-23-15-14-16-27(37)26(23)22-40)18-29(41)30(42)39-36(19-24(36)8-2)32(44)47-9-3/h7-8,14-16,24-25,28-29H,1-2,9-13,17-22H2,3-6H3,(H,38,45)(H,39,42)/t24-,25?,28+,29+,36-/m1/s1. The van der Waals surface area contributed by atoms with Gasteiger partial charge in [-0.1, -0.05) is 37.1 Å². The normalized spacial score (nSPS) is 23.2. The van der Waals surface area contributed by atoms with Gasteiger partial charge in [-0.15, -0.1) is 13.2 Å². The number of esters is 1. The first-order valence-electron chi connectivity index (χ1n) is 17.0. The molecule has 13 heteroatoms. The summed E-state index contributed by atoms with van der Waals surface area (Å²) in [6.07, 6.45) is 4.53. The number of rotatable bonds is 14. The van der Waals surface area contributed by atoms with Gasteiger partial charge in [0, 0.05) is 24.4 Å². The summed E-state index contributed by atoms with van der Waals surface area (Å²) >= 11 is 0. The number of allylic oxidation sites excluding steroid dienone is 1. The van der Waals surface area contributed by atoms with E-state index in [1.807, 2.05) is 6.08 Å². The lowest BCUT2D eigenvalue weighted by molar-refractivity contribution is -0.150. The van der Waals surface area contributed by atoms with Gasteiger partial charge in [0.1, 0.15) is 35.1 Å². The molecule has 5 atom stereocenters. The van der Waals surface area contributed by atoms with Crippen molar-refractivity contribution in [3.05, 3.63) is 60.5 Å². The number of hydrogen-bond acceptors (Lipinski definition) is 8. The number of amides is 4. The van der Waals surface area contributed by atoms with Gasteiger partial charge in [0.25, 0.3) is 0 Å². The Balaban J connectivity index is 1.55. The van der Waals surface area contributed by atoms with E-state index in [1.165, 1.54) is 15.9 Å². The number of ether oxygens (including phenoxy) is 3. The van der Waals surface area contributed by atoms with Crippen molar-refractivity contribution in [2.24, 2.45) is 5.92 Å². The van der Waals surface area contributed by atoms with Gasteiger partial charge in [0.15, 0.2) is 0 Å². The van der Waals surface area contributed by atoms with Crippen molar-refractivity contribution < 1.29 is 42.6 Å². The van der Waals surface area contributed by atoms with Gasteiger partial charge < -0.3 is 29.7 Å². The lowest BCUT2D eigenvalue weighted by Gasteiger charge is -2.30. The quantitative estimate of drug-likeness (QED) is 0.122. The van der Waals surface area contributed by atoms with E-state index in [0.717, 1.165) is 19.3 Å². The molecule has 0 spiro atoms. The molecule has 2 aliphatic heterocycles. The zero-order chi connectivity index (χ0) is 35.9. The largest absolute Gasteiger partial charge is 0.464 e. The van der Waals surface area contributed by atoms with E-state index < -0.39 is 65.1 Å². The lowest BCUT2D eigenvalue weighted by atomic mass is 10.0. The average molecular weight is 685 g/mol. The summed E-state index contributed by atoms with van der Waals surface area (Å²) in [6, 6.07) is 2.47. The molecule has 1 aliphatic carbocycles. The maximum absolute atomic E-state index is 14.4. The van der Waals surface area contributed by atoms with E-state index >= 15 is 0 Å². The Morgan fingerprint density at radius 2 is 1.88 bits per heavy atom. The fraction of sp³-hybridized carbons (Fsp3) is 0.583. The summed E-state index contributed by atoms with van der Waals surface area (Å²) in [7, 11) is 0. The minimum absolute atomic E-state index is 0.0266. The molecule has 2 N–H and O–H groups in total. The Labute approximate surface area is 287 Å². The van der Waals surface area contributed by atoms with Crippen molar-refractivity contribution in [2.75, 3.05) is 13.2 Å². The molecule has 12 nitrogen and oxygen atoms in total. The second-order valence-corrected chi connectivity index (χ2v) is 13.8. The topological polar surface area (TPSA) is 144 Å². The summed E-state index contributed by atoms with van der Waals surface area (Å²) in [6.45, 7) is 14.4. The SMILES string of the molecule is C=CCCCCC[C@H](NC(=O)OC(C)(C)C)C(=O)N1CC(OC(=O)N2Cc3cccc(F)c3C2)C[C@H]1C(=O)N[C@]1(C(=O)OCC)C[C@H]1C=C. The van der Waals surface area contributed by atoms with E-state index in [1.54, 1.807) is 45.9 Å². The molecule has 2 heterocycles. The van der Waals surface area contributed by atoms with Gasteiger partial charge in [0.05, 0.1) is 19.7 Å². The maximum atomic E-state index is 14.4. The molecule has 0 aromatic heterocycles. The van der Waals surface area contributed by atoms with Crippen LogP contribution >= 0.6 is 0 Å². The number of carbonyl (C=O) groups excluding carboxylic acids is 5. The first-order chi connectivity index (χ1) is 23.2. The van der Waals surface area contributed by atoms with Crippen LogP contribution in [0.5, 0.6) is 0 Å². The highest BCUT2D eigenvalue weighted by Crippen LogP contribution is 2.45. The first-order valence-corrected chi connectivity index (χ1v) is 17.0. The Morgan fingerprint density at radius 1 is 1.12 bits per heavy atom. The van der Waals surface area contributed by atoms with Gasteiger partial charge in [-0.3, -0.25) is 14.5 Å². The van der Waals surface area contributed by atoms with Gasteiger partial charge in [-0.25, -0.2) is 18.8 Å². The Kier molecular flexibility index (Phi) is 12.1. The molecule has 49 heavy (non-hydrogen) atoms. The molecule has 1 unspecified atom stereocenters. The third-order valence-corrected chi connectivity index (χ3v) is 8.98. The van der Waals surface area contributed by atoms with E-state index in [-0.39, 0.29) is 45.0 Å². The Hall–Kier alpha value is -4.42. The van der Waals surface area contributed by atoms with Gasteiger partial charge in [0.2, 0.25) is 11.8 Å². The van der Waals surface area contributed by atoms with Crippen LogP contribution in [0.2, 0.25) is 0 Å².